The van der Waals surface area contributed by atoms with Crippen molar-refractivity contribution in [3.8, 4) is 10.6 Å². The van der Waals surface area contributed by atoms with Gasteiger partial charge in [0.1, 0.15) is 5.01 Å². The topological polar surface area (TPSA) is 25.8 Å². The average molecular weight is 381 g/mol. The van der Waals surface area contributed by atoms with Crippen LogP contribution in [0.15, 0.2) is 36.4 Å². The summed E-state index contributed by atoms with van der Waals surface area (Å²) >= 11 is 3.56. The van der Waals surface area contributed by atoms with Crippen LogP contribution in [-0.2, 0) is 10.8 Å². The number of benzene rings is 2. The molecule has 2 aromatic heterocycles. The number of fused-ring (bicyclic) bond motifs is 2. The maximum absolute atomic E-state index is 4.88. The first-order valence-electron chi connectivity index (χ1n) is 8.94. The van der Waals surface area contributed by atoms with Gasteiger partial charge in [0.15, 0.2) is 0 Å². The minimum Gasteiger partial charge on any atom is -0.241 e. The standard InChI is InChI=1S/C22H24N2S2/c1-21(2,3)14-9-7-13(8-10-14)19-23-15-11-16-18(12-17(15)25-19)26-20(24-16)22(4,5)6/h7-12H,1-6H3. The monoisotopic (exact) mass is 380 g/mol. The number of hydrogen-bond acceptors (Lipinski definition) is 4. The maximum Gasteiger partial charge on any atom is 0.124 e. The predicted molar refractivity (Wildman–Crippen MR) is 116 cm³/mol. The van der Waals surface area contributed by atoms with Crippen LogP contribution in [0.25, 0.3) is 31.0 Å². The highest BCUT2D eigenvalue weighted by atomic mass is 32.1. The van der Waals surface area contributed by atoms with Crippen molar-refractivity contribution < 1.29 is 0 Å². The Morgan fingerprint density at radius 2 is 1.31 bits per heavy atom. The van der Waals surface area contributed by atoms with Gasteiger partial charge in [0, 0.05) is 11.0 Å². The fraction of sp³-hybridized carbons (Fsp3) is 0.364. The summed E-state index contributed by atoms with van der Waals surface area (Å²) in [5.41, 5.74) is 4.90. The van der Waals surface area contributed by atoms with E-state index in [1.54, 1.807) is 22.7 Å². The van der Waals surface area contributed by atoms with E-state index in [9.17, 15) is 0 Å². The van der Waals surface area contributed by atoms with Crippen molar-refractivity contribution >= 4 is 43.1 Å². The van der Waals surface area contributed by atoms with E-state index < -0.39 is 0 Å². The van der Waals surface area contributed by atoms with E-state index in [4.69, 9.17) is 9.97 Å². The summed E-state index contributed by atoms with van der Waals surface area (Å²) in [6, 6.07) is 13.2. The normalized spacial score (nSPS) is 13.0. The second-order valence-electron chi connectivity index (χ2n) is 8.90. The lowest BCUT2D eigenvalue weighted by atomic mass is 9.87. The van der Waals surface area contributed by atoms with Crippen LogP contribution in [0.3, 0.4) is 0 Å². The van der Waals surface area contributed by atoms with Crippen LogP contribution in [0.1, 0.15) is 52.1 Å². The number of nitrogens with zero attached hydrogens (tertiary/aromatic N) is 2. The molecular weight excluding hydrogens is 356 g/mol. The molecule has 26 heavy (non-hydrogen) atoms. The molecule has 2 nitrogen and oxygen atoms in total. The lowest BCUT2D eigenvalue weighted by Crippen LogP contribution is -2.10. The summed E-state index contributed by atoms with van der Waals surface area (Å²) in [5.74, 6) is 0. The number of rotatable bonds is 1. The Bertz CT molecular complexity index is 1040. The third-order valence-corrected chi connectivity index (χ3v) is 7.05. The lowest BCUT2D eigenvalue weighted by molar-refractivity contribution is 0.587. The van der Waals surface area contributed by atoms with E-state index in [0.29, 0.717) is 0 Å². The van der Waals surface area contributed by atoms with Crippen molar-refractivity contribution in [2.45, 2.75) is 52.4 Å². The van der Waals surface area contributed by atoms with Crippen molar-refractivity contribution in [3.63, 3.8) is 0 Å². The Morgan fingerprint density at radius 3 is 1.92 bits per heavy atom. The average Bonchev–Trinajstić information content (AvgIpc) is 3.14. The van der Waals surface area contributed by atoms with Crippen molar-refractivity contribution in [1.82, 2.24) is 9.97 Å². The molecule has 4 heteroatoms. The molecule has 0 radical (unpaired) electrons. The molecule has 134 valence electrons. The van der Waals surface area contributed by atoms with Crippen molar-refractivity contribution in [1.29, 1.82) is 0 Å². The Balaban J connectivity index is 1.76. The third-order valence-electron chi connectivity index (χ3n) is 4.54. The second-order valence-corrected chi connectivity index (χ2v) is 11.0. The maximum atomic E-state index is 4.88. The molecule has 0 aliphatic heterocycles. The lowest BCUT2D eigenvalue weighted by Gasteiger charge is -2.18. The minimum absolute atomic E-state index is 0.0878. The van der Waals surface area contributed by atoms with Gasteiger partial charge < -0.3 is 0 Å². The van der Waals surface area contributed by atoms with E-state index in [-0.39, 0.29) is 10.8 Å². The smallest absolute Gasteiger partial charge is 0.124 e. The van der Waals surface area contributed by atoms with Gasteiger partial charge in [-0.25, -0.2) is 9.97 Å². The molecule has 0 spiro atoms. The number of thiazole rings is 2. The first-order chi connectivity index (χ1) is 12.1. The van der Waals surface area contributed by atoms with Crippen LogP contribution >= 0.6 is 22.7 Å². The van der Waals surface area contributed by atoms with Gasteiger partial charge in [0.2, 0.25) is 0 Å². The Kier molecular flexibility index (Phi) is 3.97. The largest absolute Gasteiger partial charge is 0.241 e. The van der Waals surface area contributed by atoms with E-state index in [1.807, 2.05) is 0 Å². The van der Waals surface area contributed by atoms with Crippen LogP contribution in [0.4, 0.5) is 0 Å². The minimum atomic E-state index is 0.0878. The van der Waals surface area contributed by atoms with Crippen molar-refractivity contribution in [2.75, 3.05) is 0 Å². The Hall–Kier alpha value is -1.78. The van der Waals surface area contributed by atoms with Crippen LogP contribution in [-0.4, -0.2) is 9.97 Å². The predicted octanol–water partition coefficient (Wildman–Crippen LogP) is 7.17. The van der Waals surface area contributed by atoms with Gasteiger partial charge in [-0.1, -0.05) is 65.8 Å². The molecule has 4 aromatic rings. The summed E-state index contributed by atoms with van der Waals surface area (Å²) < 4.78 is 2.48. The van der Waals surface area contributed by atoms with Crippen LogP contribution in [0.5, 0.6) is 0 Å². The van der Waals surface area contributed by atoms with Crippen LogP contribution < -0.4 is 0 Å². The molecule has 0 unspecified atom stereocenters. The molecule has 0 aliphatic rings. The highest BCUT2D eigenvalue weighted by molar-refractivity contribution is 7.22. The molecule has 0 N–H and O–H groups in total. The molecule has 4 rings (SSSR count). The summed E-state index contributed by atoms with van der Waals surface area (Å²) in [5, 5.41) is 2.26. The SMILES string of the molecule is CC(C)(C)c1ccc(-c2nc3cc4nc(C(C)(C)C)sc4cc3s2)cc1. The highest BCUT2D eigenvalue weighted by Crippen LogP contribution is 2.37. The summed E-state index contributed by atoms with van der Waals surface area (Å²) in [7, 11) is 0. The van der Waals surface area contributed by atoms with Crippen molar-refractivity contribution in [3.05, 3.63) is 47.0 Å². The molecule has 2 aromatic carbocycles. The molecular formula is C22H24N2S2. The molecule has 0 fully saturated rings. The van der Waals surface area contributed by atoms with Gasteiger partial charge in [0.05, 0.1) is 25.4 Å². The molecule has 0 aliphatic carbocycles. The van der Waals surface area contributed by atoms with E-state index in [2.05, 4.69) is 77.9 Å². The first-order valence-corrected chi connectivity index (χ1v) is 10.6. The second kappa shape index (κ2) is 5.86. The zero-order valence-corrected chi connectivity index (χ0v) is 17.8. The Morgan fingerprint density at radius 1 is 0.692 bits per heavy atom. The molecule has 2 heterocycles. The van der Waals surface area contributed by atoms with Gasteiger partial charge in [0.25, 0.3) is 0 Å². The zero-order chi connectivity index (χ0) is 18.7. The summed E-state index contributed by atoms with van der Waals surface area (Å²) in [4.78, 5) is 9.72. The number of aromatic nitrogens is 2. The van der Waals surface area contributed by atoms with Crippen LogP contribution in [0.2, 0.25) is 0 Å². The molecule has 0 atom stereocenters. The van der Waals surface area contributed by atoms with E-state index in [1.165, 1.54) is 25.5 Å². The molecule has 0 saturated carbocycles. The van der Waals surface area contributed by atoms with Crippen LogP contribution in [0, 0.1) is 0 Å². The molecule has 0 saturated heterocycles. The zero-order valence-electron chi connectivity index (χ0n) is 16.2. The van der Waals surface area contributed by atoms with E-state index in [0.717, 1.165) is 16.0 Å². The van der Waals surface area contributed by atoms with Gasteiger partial charge in [-0.2, -0.15) is 0 Å². The quantitative estimate of drug-likeness (QED) is 0.350. The fourth-order valence-electron chi connectivity index (χ4n) is 2.91. The first kappa shape index (κ1) is 17.6. The molecule has 0 amide bonds. The summed E-state index contributed by atoms with van der Waals surface area (Å²) in [6.45, 7) is 13.4. The van der Waals surface area contributed by atoms with Gasteiger partial charge in [-0.15, -0.1) is 22.7 Å². The number of hydrogen-bond donors (Lipinski definition) is 0. The highest BCUT2D eigenvalue weighted by Gasteiger charge is 2.20. The summed E-state index contributed by atoms with van der Waals surface area (Å²) in [6.07, 6.45) is 0. The third kappa shape index (κ3) is 3.17. The van der Waals surface area contributed by atoms with Crippen molar-refractivity contribution in [2.24, 2.45) is 0 Å². The fourth-order valence-corrected chi connectivity index (χ4v) is 5.02. The van der Waals surface area contributed by atoms with E-state index >= 15 is 0 Å². The van der Waals surface area contributed by atoms with Gasteiger partial charge in [-0.05, 0) is 23.1 Å². The molecule has 0 bridgehead atoms. The van der Waals surface area contributed by atoms with Gasteiger partial charge in [-0.3, -0.25) is 0 Å². The Labute approximate surface area is 162 Å². The van der Waals surface area contributed by atoms with Gasteiger partial charge >= 0.3 is 0 Å².